The van der Waals surface area contributed by atoms with Crippen molar-refractivity contribution in [3.63, 3.8) is 0 Å². The van der Waals surface area contributed by atoms with Crippen molar-refractivity contribution < 1.29 is 19.0 Å². The third kappa shape index (κ3) is 5.69. The van der Waals surface area contributed by atoms with E-state index in [2.05, 4.69) is 0 Å². The summed E-state index contributed by atoms with van der Waals surface area (Å²) < 4.78 is 15.6. The largest absolute Gasteiger partial charge is 0.493 e. The van der Waals surface area contributed by atoms with Crippen LogP contribution in [0.3, 0.4) is 0 Å². The average Bonchev–Trinajstić information content (AvgIpc) is 2.64. The lowest BCUT2D eigenvalue weighted by atomic mass is 10.2. The molecule has 134 valence electrons. The standard InChI is InChI=1S/C19H15Cl2NO4/c1-24-18-10-13(2-6-17(18)25-9-8-22)3-7-19(23)26-12-14-4-5-15(20)11-16(14)21/h2-7,10-11H,9,12H2,1H3/b7-3+. The number of hydrogen-bond donors (Lipinski definition) is 0. The molecule has 0 heterocycles. The van der Waals surface area contributed by atoms with Crippen LogP contribution in [-0.2, 0) is 16.1 Å². The van der Waals surface area contributed by atoms with Crippen LogP contribution in [0, 0.1) is 11.3 Å². The van der Waals surface area contributed by atoms with Gasteiger partial charge in [0.1, 0.15) is 12.7 Å². The second-order valence-corrected chi connectivity index (χ2v) is 5.88. The first-order chi connectivity index (χ1) is 12.5. The van der Waals surface area contributed by atoms with E-state index < -0.39 is 5.97 Å². The van der Waals surface area contributed by atoms with Gasteiger partial charge in [-0.2, -0.15) is 5.26 Å². The monoisotopic (exact) mass is 391 g/mol. The minimum atomic E-state index is -0.514. The van der Waals surface area contributed by atoms with Crippen molar-refractivity contribution in [3.8, 4) is 17.6 Å². The summed E-state index contributed by atoms with van der Waals surface area (Å²) in [5.74, 6) is 0.398. The Bertz CT molecular complexity index is 859. The number of halogens is 2. The van der Waals surface area contributed by atoms with E-state index in [0.29, 0.717) is 32.7 Å². The summed E-state index contributed by atoms with van der Waals surface area (Å²) in [7, 11) is 1.49. The van der Waals surface area contributed by atoms with Crippen LogP contribution in [0.1, 0.15) is 11.1 Å². The molecular formula is C19H15Cl2NO4. The van der Waals surface area contributed by atoms with Gasteiger partial charge in [-0.15, -0.1) is 0 Å². The number of rotatable bonds is 7. The zero-order valence-electron chi connectivity index (χ0n) is 13.9. The van der Waals surface area contributed by atoms with Gasteiger partial charge in [-0.1, -0.05) is 35.3 Å². The molecule has 0 spiro atoms. The van der Waals surface area contributed by atoms with E-state index in [-0.39, 0.29) is 13.2 Å². The minimum absolute atomic E-state index is 0.0451. The smallest absolute Gasteiger partial charge is 0.331 e. The van der Waals surface area contributed by atoms with Crippen LogP contribution in [-0.4, -0.2) is 19.7 Å². The lowest BCUT2D eigenvalue weighted by Crippen LogP contribution is -2.01. The van der Waals surface area contributed by atoms with Crippen LogP contribution >= 0.6 is 23.2 Å². The molecule has 7 heteroatoms. The van der Waals surface area contributed by atoms with Gasteiger partial charge in [0.2, 0.25) is 0 Å². The first-order valence-electron chi connectivity index (χ1n) is 7.50. The molecule has 0 aromatic heterocycles. The molecule has 2 rings (SSSR count). The molecule has 0 aliphatic rings. The molecule has 0 unspecified atom stereocenters. The first-order valence-corrected chi connectivity index (χ1v) is 8.25. The number of benzene rings is 2. The second-order valence-electron chi connectivity index (χ2n) is 5.03. The highest BCUT2D eigenvalue weighted by Gasteiger charge is 2.06. The van der Waals surface area contributed by atoms with Crippen LogP contribution in [0.15, 0.2) is 42.5 Å². The Morgan fingerprint density at radius 2 is 2.00 bits per heavy atom. The summed E-state index contributed by atoms with van der Waals surface area (Å²) in [5.41, 5.74) is 1.38. The predicted molar refractivity (Wildman–Crippen MR) is 99.4 cm³/mol. The lowest BCUT2D eigenvalue weighted by Gasteiger charge is -2.08. The van der Waals surface area contributed by atoms with Crippen molar-refractivity contribution >= 4 is 35.2 Å². The Kier molecular flexibility index (Phi) is 7.34. The van der Waals surface area contributed by atoms with Crippen LogP contribution in [0.2, 0.25) is 10.0 Å². The number of nitriles is 1. The SMILES string of the molecule is COc1cc(/C=C/C(=O)OCc2ccc(Cl)cc2Cl)ccc1OCC#N. The Labute approximate surface area is 161 Å². The first kappa shape index (κ1) is 19.6. The van der Waals surface area contributed by atoms with Gasteiger partial charge in [0.15, 0.2) is 18.1 Å². The third-order valence-electron chi connectivity index (χ3n) is 3.28. The number of carbonyl (C=O) groups excluding carboxylic acids is 1. The van der Waals surface area contributed by atoms with E-state index in [1.165, 1.54) is 13.2 Å². The summed E-state index contributed by atoms with van der Waals surface area (Å²) in [4.78, 5) is 11.9. The lowest BCUT2D eigenvalue weighted by molar-refractivity contribution is -0.138. The van der Waals surface area contributed by atoms with E-state index in [9.17, 15) is 4.79 Å². The predicted octanol–water partition coefficient (Wildman–Crippen LogP) is 4.66. The average molecular weight is 392 g/mol. The molecule has 0 saturated carbocycles. The maximum atomic E-state index is 11.9. The summed E-state index contributed by atoms with van der Waals surface area (Å²) in [6.45, 7) is -0.0332. The van der Waals surface area contributed by atoms with Gasteiger partial charge in [-0.3, -0.25) is 0 Å². The zero-order chi connectivity index (χ0) is 18.9. The maximum absolute atomic E-state index is 11.9. The Morgan fingerprint density at radius 3 is 2.69 bits per heavy atom. The fraction of sp³-hybridized carbons (Fsp3) is 0.158. The summed E-state index contributed by atoms with van der Waals surface area (Å²) in [5, 5.41) is 9.51. The van der Waals surface area contributed by atoms with E-state index in [4.69, 9.17) is 42.7 Å². The van der Waals surface area contributed by atoms with Gasteiger partial charge in [-0.25, -0.2) is 4.79 Å². The van der Waals surface area contributed by atoms with Crippen LogP contribution in [0.25, 0.3) is 6.08 Å². The molecule has 2 aromatic rings. The van der Waals surface area contributed by atoms with Crippen molar-refractivity contribution in [2.24, 2.45) is 0 Å². The second kappa shape index (κ2) is 9.71. The molecule has 2 aromatic carbocycles. The number of esters is 1. The third-order valence-corrected chi connectivity index (χ3v) is 3.86. The van der Waals surface area contributed by atoms with Crippen molar-refractivity contribution in [2.75, 3.05) is 13.7 Å². The number of hydrogen-bond acceptors (Lipinski definition) is 5. The molecule has 0 amide bonds. The highest BCUT2D eigenvalue weighted by molar-refractivity contribution is 6.35. The molecule has 0 saturated heterocycles. The van der Waals surface area contributed by atoms with Crippen LogP contribution in [0.4, 0.5) is 0 Å². The summed E-state index contributed by atoms with van der Waals surface area (Å²) in [6, 6.07) is 11.9. The van der Waals surface area contributed by atoms with Crippen LogP contribution in [0.5, 0.6) is 11.5 Å². The van der Waals surface area contributed by atoms with E-state index in [0.717, 1.165) is 0 Å². The number of ether oxygens (including phenoxy) is 3. The molecule has 26 heavy (non-hydrogen) atoms. The van der Waals surface area contributed by atoms with Gasteiger partial charge in [0, 0.05) is 21.7 Å². The van der Waals surface area contributed by atoms with Gasteiger partial charge in [-0.05, 0) is 35.9 Å². The fourth-order valence-corrected chi connectivity index (χ4v) is 2.48. The molecule has 0 aliphatic heterocycles. The Hall–Kier alpha value is -2.68. The Balaban J connectivity index is 1.97. The molecule has 0 N–H and O–H groups in total. The maximum Gasteiger partial charge on any atom is 0.331 e. The molecule has 0 bridgehead atoms. The summed E-state index contributed by atoms with van der Waals surface area (Å²) in [6.07, 6.45) is 2.89. The van der Waals surface area contributed by atoms with Gasteiger partial charge >= 0.3 is 5.97 Å². The van der Waals surface area contributed by atoms with Gasteiger partial charge in [0.25, 0.3) is 0 Å². The molecule has 5 nitrogen and oxygen atoms in total. The fourth-order valence-electron chi connectivity index (χ4n) is 2.02. The highest BCUT2D eigenvalue weighted by Crippen LogP contribution is 2.28. The van der Waals surface area contributed by atoms with E-state index in [1.807, 2.05) is 6.07 Å². The molecule has 0 radical (unpaired) electrons. The van der Waals surface area contributed by atoms with Crippen molar-refractivity contribution in [1.29, 1.82) is 5.26 Å². The zero-order valence-corrected chi connectivity index (χ0v) is 15.4. The number of nitrogens with zero attached hydrogens (tertiary/aromatic N) is 1. The van der Waals surface area contributed by atoms with Gasteiger partial charge < -0.3 is 14.2 Å². The topological polar surface area (TPSA) is 68.6 Å². The van der Waals surface area contributed by atoms with Crippen LogP contribution < -0.4 is 9.47 Å². The summed E-state index contributed by atoms with van der Waals surface area (Å²) >= 11 is 11.9. The molecule has 0 atom stereocenters. The number of methoxy groups -OCH3 is 1. The van der Waals surface area contributed by atoms with E-state index in [1.54, 1.807) is 42.5 Å². The number of carbonyl (C=O) groups is 1. The Morgan fingerprint density at radius 1 is 1.19 bits per heavy atom. The highest BCUT2D eigenvalue weighted by atomic mass is 35.5. The molecule has 0 fully saturated rings. The van der Waals surface area contributed by atoms with Gasteiger partial charge in [0.05, 0.1) is 7.11 Å². The van der Waals surface area contributed by atoms with E-state index >= 15 is 0 Å². The normalized spacial score (nSPS) is 10.4. The van der Waals surface area contributed by atoms with Crippen molar-refractivity contribution in [2.45, 2.75) is 6.61 Å². The van der Waals surface area contributed by atoms with Crippen molar-refractivity contribution in [3.05, 3.63) is 63.6 Å². The van der Waals surface area contributed by atoms with Crippen molar-refractivity contribution in [1.82, 2.24) is 0 Å². The quantitative estimate of drug-likeness (QED) is 0.506. The molecular weight excluding hydrogens is 377 g/mol. The molecule has 0 aliphatic carbocycles. The minimum Gasteiger partial charge on any atom is -0.493 e.